The van der Waals surface area contributed by atoms with Crippen LogP contribution in [0.5, 0.6) is 0 Å². The number of hydrogen-bond donors (Lipinski definition) is 2. The molecule has 3 nitrogen and oxygen atoms in total. The van der Waals surface area contributed by atoms with Crippen molar-refractivity contribution in [3.63, 3.8) is 0 Å². The second-order valence-electron chi connectivity index (χ2n) is 3.44. The van der Waals surface area contributed by atoms with Crippen LogP contribution in [0.3, 0.4) is 0 Å². The number of carboxylic acids is 1. The number of thiophene rings is 1. The van der Waals surface area contributed by atoms with Crippen LogP contribution >= 0.6 is 11.3 Å². The fourth-order valence-corrected chi connectivity index (χ4v) is 2.44. The molecule has 0 saturated heterocycles. The van der Waals surface area contributed by atoms with Gasteiger partial charge in [-0.15, -0.1) is 11.3 Å². The predicted molar refractivity (Wildman–Crippen MR) is 65.5 cm³/mol. The van der Waals surface area contributed by atoms with E-state index in [0.717, 1.165) is 10.4 Å². The van der Waals surface area contributed by atoms with Crippen LogP contribution in [0.4, 0.5) is 5.00 Å². The maximum absolute atomic E-state index is 10.6. The van der Waals surface area contributed by atoms with E-state index in [4.69, 9.17) is 10.8 Å². The number of nitrogens with two attached hydrogens (primary N) is 1. The largest absolute Gasteiger partial charge is 0.481 e. The number of anilines is 1. The van der Waals surface area contributed by atoms with Gasteiger partial charge in [0.15, 0.2) is 0 Å². The van der Waals surface area contributed by atoms with Crippen LogP contribution in [0.1, 0.15) is 5.56 Å². The van der Waals surface area contributed by atoms with Crippen LogP contribution in [0.25, 0.3) is 10.4 Å². The predicted octanol–water partition coefficient (Wildman–Crippen LogP) is 2.62. The van der Waals surface area contributed by atoms with E-state index >= 15 is 0 Å². The summed E-state index contributed by atoms with van der Waals surface area (Å²) in [5.41, 5.74) is 7.54. The van der Waals surface area contributed by atoms with E-state index in [1.165, 1.54) is 11.3 Å². The lowest BCUT2D eigenvalue weighted by molar-refractivity contribution is -0.136. The highest BCUT2D eigenvalue weighted by Crippen LogP contribution is 2.33. The first-order valence-electron chi connectivity index (χ1n) is 4.82. The molecule has 0 saturated carbocycles. The Morgan fingerprint density at radius 2 is 2.00 bits per heavy atom. The van der Waals surface area contributed by atoms with Gasteiger partial charge in [-0.05, 0) is 17.2 Å². The van der Waals surface area contributed by atoms with Gasteiger partial charge in [-0.3, -0.25) is 4.79 Å². The van der Waals surface area contributed by atoms with E-state index in [0.29, 0.717) is 10.6 Å². The number of nitrogen functional groups attached to an aromatic ring is 1. The lowest BCUT2D eigenvalue weighted by atomic mass is 10.1. The zero-order valence-electron chi connectivity index (χ0n) is 8.51. The molecule has 3 N–H and O–H groups in total. The van der Waals surface area contributed by atoms with Crippen LogP contribution in [0.15, 0.2) is 36.4 Å². The number of carbonyl (C=O) groups is 1. The first-order valence-corrected chi connectivity index (χ1v) is 5.64. The molecule has 0 aliphatic heterocycles. The van der Waals surface area contributed by atoms with Gasteiger partial charge in [-0.25, -0.2) is 0 Å². The SMILES string of the molecule is Nc1sc(-c2ccccc2)cc1CC(=O)O. The van der Waals surface area contributed by atoms with Gasteiger partial charge < -0.3 is 10.8 Å². The van der Waals surface area contributed by atoms with E-state index in [1.54, 1.807) is 0 Å². The van der Waals surface area contributed by atoms with Crippen LogP contribution in [0, 0.1) is 0 Å². The summed E-state index contributed by atoms with van der Waals surface area (Å²) in [5.74, 6) is -0.857. The molecule has 0 spiro atoms. The van der Waals surface area contributed by atoms with Crippen molar-refractivity contribution in [2.75, 3.05) is 5.73 Å². The van der Waals surface area contributed by atoms with Crippen molar-refractivity contribution in [1.82, 2.24) is 0 Å². The molecule has 0 bridgehead atoms. The highest BCUT2D eigenvalue weighted by molar-refractivity contribution is 7.19. The van der Waals surface area contributed by atoms with Crippen molar-refractivity contribution in [3.8, 4) is 10.4 Å². The first-order chi connectivity index (χ1) is 7.66. The fourth-order valence-electron chi connectivity index (χ4n) is 1.49. The van der Waals surface area contributed by atoms with Crippen molar-refractivity contribution >= 4 is 22.3 Å². The summed E-state index contributed by atoms with van der Waals surface area (Å²) in [6.07, 6.45) is -0.0187. The van der Waals surface area contributed by atoms with Crippen molar-refractivity contribution in [2.45, 2.75) is 6.42 Å². The summed E-state index contributed by atoms with van der Waals surface area (Å²) in [4.78, 5) is 11.6. The summed E-state index contributed by atoms with van der Waals surface area (Å²) in [6, 6.07) is 11.7. The Morgan fingerprint density at radius 1 is 1.31 bits per heavy atom. The third-order valence-electron chi connectivity index (χ3n) is 2.24. The summed E-state index contributed by atoms with van der Waals surface area (Å²) in [7, 11) is 0. The minimum atomic E-state index is -0.857. The van der Waals surface area contributed by atoms with Crippen LogP contribution in [0.2, 0.25) is 0 Å². The highest BCUT2D eigenvalue weighted by atomic mass is 32.1. The van der Waals surface area contributed by atoms with Gasteiger partial charge in [0.2, 0.25) is 0 Å². The molecule has 0 radical (unpaired) electrons. The quantitative estimate of drug-likeness (QED) is 0.856. The Hall–Kier alpha value is -1.81. The smallest absolute Gasteiger partial charge is 0.307 e. The molecule has 4 heteroatoms. The van der Waals surface area contributed by atoms with Crippen LogP contribution < -0.4 is 5.73 Å². The molecule has 16 heavy (non-hydrogen) atoms. The normalized spacial score (nSPS) is 10.2. The van der Waals surface area contributed by atoms with Crippen molar-refractivity contribution < 1.29 is 9.90 Å². The molecular weight excluding hydrogens is 222 g/mol. The molecule has 2 aromatic rings. The molecule has 82 valence electrons. The van der Waals surface area contributed by atoms with Gasteiger partial charge >= 0.3 is 5.97 Å². The molecular formula is C12H11NO2S. The summed E-state index contributed by atoms with van der Waals surface area (Å²) < 4.78 is 0. The van der Waals surface area contributed by atoms with Gasteiger partial charge in [0.1, 0.15) is 0 Å². The first kappa shape index (κ1) is 10.7. The average molecular weight is 233 g/mol. The van der Waals surface area contributed by atoms with Gasteiger partial charge in [-0.1, -0.05) is 30.3 Å². The maximum Gasteiger partial charge on any atom is 0.307 e. The Morgan fingerprint density at radius 3 is 2.62 bits per heavy atom. The van der Waals surface area contributed by atoms with Gasteiger partial charge in [-0.2, -0.15) is 0 Å². The van der Waals surface area contributed by atoms with Crippen molar-refractivity contribution in [1.29, 1.82) is 0 Å². The zero-order valence-corrected chi connectivity index (χ0v) is 9.33. The lowest BCUT2D eigenvalue weighted by Gasteiger charge is -1.94. The Bertz CT molecular complexity index is 505. The van der Waals surface area contributed by atoms with E-state index in [2.05, 4.69) is 0 Å². The molecule has 0 fully saturated rings. The molecule has 2 rings (SSSR count). The summed E-state index contributed by atoms with van der Waals surface area (Å²) in [5, 5.41) is 9.30. The van der Waals surface area contributed by atoms with Gasteiger partial charge in [0.05, 0.1) is 11.4 Å². The number of rotatable bonds is 3. The Kier molecular flexibility index (Phi) is 2.92. The molecule has 0 aliphatic rings. The number of hydrogen-bond acceptors (Lipinski definition) is 3. The number of benzene rings is 1. The zero-order chi connectivity index (χ0) is 11.5. The molecule has 0 aliphatic carbocycles. The van der Waals surface area contributed by atoms with Gasteiger partial charge in [0, 0.05) is 4.88 Å². The molecule has 0 unspecified atom stereocenters. The third kappa shape index (κ3) is 2.23. The minimum absolute atomic E-state index is 0.0187. The van der Waals surface area contributed by atoms with Crippen LogP contribution in [-0.4, -0.2) is 11.1 Å². The second kappa shape index (κ2) is 4.37. The number of carboxylic acid groups (broad SMARTS) is 1. The molecule has 0 atom stereocenters. The molecule has 1 heterocycles. The third-order valence-corrected chi connectivity index (χ3v) is 3.30. The Balaban J connectivity index is 2.34. The van der Waals surface area contributed by atoms with E-state index < -0.39 is 5.97 Å². The maximum atomic E-state index is 10.6. The fraction of sp³-hybridized carbons (Fsp3) is 0.0833. The monoisotopic (exact) mass is 233 g/mol. The minimum Gasteiger partial charge on any atom is -0.481 e. The highest BCUT2D eigenvalue weighted by Gasteiger charge is 2.10. The standard InChI is InChI=1S/C12H11NO2S/c13-12-9(7-11(14)15)6-10(16-12)8-4-2-1-3-5-8/h1-6H,7,13H2,(H,14,15). The van der Waals surface area contributed by atoms with Crippen LogP contribution in [-0.2, 0) is 11.2 Å². The lowest BCUT2D eigenvalue weighted by Crippen LogP contribution is -2.00. The van der Waals surface area contributed by atoms with Crippen molar-refractivity contribution in [3.05, 3.63) is 42.0 Å². The number of aliphatic carboxylic acids is 1. The average Bonchev–Trinajstić information content (AvgIpc) is 2.61. The summed E-state index contributed by atoms with van der Waals surface area (Å²) >= 11 is 1.42. The van der Waals surface area contributed by atoms with Gasteiger partial charge in [0.25, 0.3) is 0 Å². The second-order valence-corrected chi connectivity index (χ2v) is 4.52. The van der Waals surface area contributed by atoms with Crippen molar-refractivity contribution in [2.24, 2.45) is 0 Å². The van der Waals surface area contributed by atoms with E-state index in [-0.39, 0.29) is 6.42 Å². The molecule has 1 aromatic heterocycles. The molecule has 1 aromatic carbocycles. The Labute approximate surface area is 97.2 Å². The topological polar surface area (TPSA) is 63.3 Å². The van der Waals surface area contributed by atoms with E-state index in [9.17, 15) is 4.79 Å². The van der Waals surface area contributed by atoms with E-state index in [1.807, 2.05) is 36.4 Å². The molecule has 0 amide bonds. The summed E-state index contributed by atoms with van der Waals surface area (Å²) in [6.45, 7) is 0.